The highest BCUT2D eigenvalue weighted by molar-refractivity contribution is 5.91. The summed E-state index contributed by atoms with van der Waals surface area (Å²) in [5, 5.41) is 2.64. The van der Waals surface area contributed by atoms with Crippen molar-refractivity contribution in [2.75, 3.05) is 13.2 Å². The van der Waals surface area contributed by atoms with Gasteiger partial charge in [0.15, 0.2) is 6.61 Å². The molecule has 0 spiro atoms. The summed E-state index contributed by atoms with van der Waals surface area (Å²) in [4.78, 5) is 23.4. The SMILES string of the molecule is C[C@H](CNC(=O)COC(=O)c1ccc(F)cc1F)c1ccccc1. The van der Waals surface area contributed by atoms with Crippen molar-refractivity contribution in [3.63, 3.8) is 0 Å². The monoisotopic (exact) mass is 333 g/mol. The van der Waals surface area contributed by atoms with E-state index in [0.717, 1.165) is 17.7 Å². The molecule has 1 amide bonds. The Bertz CT molecular complexity index is 719. The highest BCUT2D eigenvalue weighted by atomic mass is 19.1. The van der Waals surface area contributed by atoms with Gasteiger partial charge in [-0.2, -0.15) is 0 Å². The maximum absolute atomic E-state index is 13.4. The second-order valence-corrected chi connectivity index (χ2v) is 5.32. The summed E-state index contributed by atoms with van der Waals surface area (Å²) in [5.41, 5.74) is 0.657. The van der Waals surface area contributed by atoms with E-state index in [0.29, 0.717) is 12.6 Å². The third kappa shape index (κ3) is 4.87. The van der Waals surface area contributed by atoms with Crippen molar-refractivity contribution in [3.05, 3.63) is 71.3 Å². The van der Waals surface area contributed by atoms with Gasteiger partial charge in [-0.05, 0) is 23.6 Å². The van der Waals surface area contributed by atoms with Crippen LogP contribution >= 0.6 is 0 Å². The lowest BCUT2D eigenvalue weighted by atomic mass is 10.0. The van der Waals surface area contributed by atoms with E-state index in [1.807, 2.05) is 37.3 Å². The zero-order valence-corrected chi connectivity index (χ0v) is 13.1. The fourth-order valence-corrected chi connectivity index (χ4v) is 2.08. The maximum atomic E-state index is 13.4. The highest BCUT2D eigenvalue weighted by Crippen LogP contribution is 2.13. The number of benzene rings is 2. The Morgan fingerprint density at radius 3 is 2.50 bits per heavy atom. The van der Waals surface area contributed by atoms with Crippen LogP contribution in [0.15, 0.2) is 48.5 Å². The number of nitrogens with one attached hydrogen (secondary N) is 1. The molecule has 24 heavy (non-hydrogen) atoms. The Morgan fingerprint density at radius 2 is 1.83 bits per heavy atom. The Hall–Kier alpha value is -2.76. The lowest BCUT2D eigenvalue weighted by Gasteiger charge is -2.13. The van der Waals surface area contributed by atoms with Crippen LogP contribution in [0.1, 0.15) is 28.8 Å². The van der Waals surface area contributed by atoms with Crippen molar-refractivity contribution in [1.82, 2.24) is 5.32 Å². The third-order valence-electron chi connectivity index (χ3n) is 3.46. The summed E-state index contributed by atoms with van der Waals surface area (Å²) in [6.45, 7) is 1.80. The first-order chi connectivity index (χ1) is 11.5. The number of amides is 1. The Kier molecular flexibility index (Phi) is 6.01. The van der Waals surface area contributed by atoms with Gasteiger partial charge in [0.1, 0.15) is 11.6 Å². The second kappa shape index (κ2) is 8.19. The molecule has 4 nitrogen and oxygen atoms in total. The summed E-state index contributed by atoms with van der Waals surface area (Å²) in [6.07, 6.45) is 0. The molecular weight excluding hydrogens is 316 g/mol. The molecule has 0 saturated heterocycles. The van der Waals surface area contributed by atoms with Crippen molar-refractivity contribution in [2.45, 2.75) is 12.8 Å². The van der Waals surface area contributed by atoms with Gasteiger partial charge in [-0.1, -0.05) is 37.3 Å². The van der Waals surface area contributed by atoms with E-state index < -0.39 is 35.7 Å². The number of hydrogen-bond donors (Lipinski definition) is 1. The molecule has 0 radical (unpaired) electrons. The summed E-state index contributed by atoms with van der Waals surface area (Å²) < 4.78 is 30.9. The fourth-order valence-electron chi connectivity index (χ4n) is 2.08. The predicted octanol–water partition coefficient (Wildman–Crippen LogP) is 3.04. The van der Waals surface area contributed by atoms with Crippen LogP contribution in [0.2, 0.25) is 0 Å². The van der Waals surface area contributed by atoms with Crippen molar-refractivity contribution in [3.8, 4) is 0 Å². The Balaban J connectivity index is 1.79. The van der Waals surface area contributed by atoms with E-state index in [9.17, 15) is 18.4 Å². The van der Waals surface area contributed by atoms with Gasteiger partial charge in [0, 0.05) is 12.6 Å². The average Bonchev–Trinajstić information content (AvgIpc) is 2.58. The van der Waals surface area contributed by atoms with Crippen LogP contribution in [0.5, 0.6) is 0 Å². The van der Waals surface area contributed by atoms with E-state index in [1.54, 1.807) is 0 Å². The van der Waals surface area contributed by atoms with Gasteiger partial charge in [0.25, 0.3) is 5.91 Å². The largest absolute Gasteiger partial charge is 0.452 e. The van der Waals surface area contributed by atoms with Gasteiger partial charge in [0.05, 0.1) is 5.56 Å². The van der Waals surface area contributed by atoms with Crippen molar-refractivity contribution in [2.24, 2.45) is 0 Å². The molecule has 2 rings (SSSR count). The lowest BCUT2D eigenvalue weighted by molar-refractivity contribution is -0.124. The Labute approximate surface area is 138 Å². The summed E-state index contributed by atoms with van der Waals surface area (Å²) in [5.74, 6) is -3.23. The molecule has 0 aliphatic rings. The zero-order chi connectivity index (χ0) is 17.5. The van der Waals surface area contributed by atoms with E-state index >= 15 is 0 Å². The highest BCUT2D eigenvalue weighted by Gasteiger charge is 2.15. The molecule has 0 bridgehead atoms. The molecule has 0 aliphatic heterocycles. The number of rotatable bonds is 6. The van der Waals surface area contributed by atoms with Gasteiger partial charge >= 0.3 is 5.97 Å². The summed E-state index contributed by atoms with van der Waals surface area (Å²) in [6, 6.07) is 12.1. The maximum Gasteiger partial charge on any atom is 0.341 e. The van der Waals surface area contributed by atoms with E-state index in [2.05, 4.69) is 5.32 Å². The quantitative estimate of drug-likeness (QED) is 0.827. The van der Waals surface area contributed by atoms with E-state index in [4.69, 9.17) is 4.74 Å². The topological polar surface area (TPSA) is 55.4 Å². The third-order valence-corrected chi connectivity index (χ3v) is 3.46. The van der Waals surface area contributed by atoms with Crippen molar-refractivity contribution >= 4 is 11.9 Å². The molecule has 1 N–H and O–H groups in total. The van der Waals surface area contributed by atoms with Crippen LogP contribution in [-0.4, -0.2) is 25.0 Å². The molecule has 1 atom stereocenters. The minimum absolute atomic E-state index is 0.0976. The van der Waals surface area contributed by atoms with Crippen LogP contribution < -0.4 is 5.32 Å². The molecular formula is C18H17F2NO3. The summed E-state index contributed by atoms with van der Waals surface area (Å²) >= 11 is 0. The van der Waals surface area contributed by atoms with E-state index in [-0.39, 0.29) is 5.92 Å². The Morgan fingerprint density at radius 1 is 1.12 bits per heavy atom. The second-order valence-electron chi connectivity index (χ2n) is 5.32. The van der Waals surface area contributed by atoms with Crippen LogP contribution in [0.4, 0.5) is 8.78 Å². The molecule has 2 aromatic rings. The molecule has 0 heterocycles. The van der Waals surface area contributed by atoms with Crippen molar-refractivity contribution < 1.29 is 23.1 Å². The first kappa shape index (κ1) is 17.6. The fraction of sp³-hybridized carbons (Fsp3) is 0.222. The smallest absolute Gasteiger partial charge is 0.341 e. The average molecular weight is 333 g/mol. The molecule has 0 saturated carbocycles. The molecule has 126 valence electrons. The molecule has 0 aliphatic carbocycles. The predicted molar refractivity (Wildman–Crippen MR) is 84.5 cm³/mol. The van der Waals surface area contributed by atoms with Gasteiger partial charge < -0.3 is 10.1 Å². The molecule has 0 aromatic heterocycles. The molecule has 2 aromatic carbocycles. The van der Waals surface area contributed by atoms with Crippen molar-refractivity contribution in [1.29, 1.82) is 0 Å². The zero-order valence-electron chi connectivity index (χ0n) is 13.1. The minimum atomic E-state index is -1.03. The number of esters is 1. The first-order valence-electron chi connectivity index (χ1n) is 7.41. The number of hydrogen-bond acceptors (Lipinski definition) is 3. The number of carbonyl (C=O) groups is 2. The van der Waals surface area contributed by atoms with Crippen LogP contribution in [-0.2, 0) is 9.53 Å². The van der Waals surface area contributed by atoms with Gasteiger partial charge in [-0.25, -0.2) is 13.6 Å². The van der Waals surface area contributed by atoms with Crippen LogP contribution in [0, 0.1) is 11.6 Å². The number of halogens is 2. The standard InChI is InChI=1S/C18H17F2NO3/c1-12(13-5-3-2-4-6-13)10-21-17(22)11-24-18(23)15-8-7-14(19)9-16(15)20/h2-9,12H,10-11H2,1H3,(H,21,22)/t12-/m1/s1. The first-order valence-corrected chi connectivity index (χ1v) is 7.41. The minimum Gasteiger partial charge on any atom is -0.452 e. The molecule has 0 unspecified atom stereocenters. The van der Waals surface area contributed by atoms with Gasteiger partial charge in [0.2, 0.25) is 0 Å². The van der Waals surface area contributed by atoms with E-state index in [1.165, 1.54) is 0 Å². The van der Waals surface area contributed by atoms with Gasteiger partial charge in [-0.3, -0.25) is 4.79 Å². The molecule has 0 fully saturated rings. The number of carbonyl (C=O) groups excluding carboxylic acids is 2. The normalized spacial score (nSPS) is 11.6. The summed E-state index contributed by atoms with van der Waals surface area (Å²) in [7, 11) is 0. The van der Waals surface area contributed by atoms with Crippen LogP contribution in [0.25, 0.3) is 0 Å². The lowest BCUT2D eigenvalue weighted by Crippen LogP contribution is -2.31. The number of ether oxygens (including phenoxy) is 1. The van der Waals surface area contributed by atoms with Gasteiger partial charge in [-0.15, -0.1) is 0 Å². The molecule has 6 heteroatoms. The van der Waals surface area contributed by atoms with Crippen LogP contribution in [0.3, 0.4) is 0 Å².